The molecule has 23 heavy (non-hydrogen) atoms. The highest BCUT2D eigenvalue weighted by Crippen LogP contribution is 2.24. The third kappa shape index (κ3) is 3.59. The lowest BCUT2D eigenvalue weighted by Gasteiger charge is -2.18. The molecule has 0 spiro atoms. The lowest BCUT2D eigenvalue weighted by molar-refractivity contribution is 0.444. The second-order valence-corrected chi connectivity index (χ2v) is 7.69. The maximum atomic E-state index is 12.8. The minimum absolute atomic E-state index is 0.309. The van der Waals surface area contributed by atoms with Crippen molar-refractivity contribution in [2.45, 2.75) is 39.1 Å². The summed E-state index contributed by atoms with van der Waals surface area (Å²) in [6.45, 7) is 8.57. The molecule has 0 radical (unpaired) electrons. The van der Waals surface area contributed by atoms with Crippen LogP contribution in [0.1, 0.15) is 30.8 Å². The van der Waals surface area contributed by atoms with Gasteiger partial charge in [0.15, 0.2) is 0 Å². The first-order valence-corrected chi connectivity index (χ1v) is 9.41. The van der Waals surface area contributed by atoms with E-state index in [4.69, 9.17) is 11.6 Å². The summed E-state index contributed by atoms with van der Waals surface area (Å²) < 4.78 is 28.8. The summed E-state index contributed by atoms with van der Waals surface area (Å²) in [5, 5.41) is 5.07. The van der Waals surface area contributed by atoms with Gasteiger partial charge in [0.1, 0.15) is 4.90 Å². The van der Waals surface area contributed by atoms with Gasteiger partial charge in [-0.1, -0.05) is 37.6 Å². The number of sulfonamides is 1. The minimum atomic E-state index is -3.52. The molecular weight excluding hydrogens is 334 g/mol. The van der Waals surface area contributed by atoms with E-state index in [1.165, 1.54) is 4.31 Å². The topological polar surface area (TPSA) is 55.2 Å². The van der Waals surface area contributed by atoms with Crippen molar-refractivity contribution in [1.82, 2.24) is 14.1 Å². The van der Waals surface area contributed by atoms with Crippen LogP contribution in [-0.4, -0.2) is 35.6 Å². The summed E-state index contributed by atoms with van der Waals surface area (Å²) >= 11 is 6.01. The van der Waals surface area contributed by atoms with Crippen molar-refractivity contribution in [3.8, 4) is 0 Å². The molecule has 0 atom stereocenters. The monoisotopic (exact) mass is 355 g/mol. The molecule has 0 unspecified atom stereocenters. The summed E-state index contributed by atoms with van der Waals surface area (Å²) in [6.07, 6.45) is 0. The number of hydrogen-bond donors (Lipinski definition) is 0. The Morgan fingerprint density at radius 1 is 1.22 bits per heavy atom. The molecule has 1 heterocycles. The van der Waals surface area contributed by atoms with Gasteiger partial charge in [-0.2, -0.15) is 9.40 Å². The summed E-state index contributed by atoms with van der Waals surface area (Å²) in [6, 6.07) is 7.48. The van der Waals surface area contributed by atoms with Gasteiger partial charge in [0.2, 0.25) is 10.0 Å². The van der Waals surface area contributed by atoms with Crippen LogP contribution in [0.25, 0.3) is 0 Å². The van der Waals surface area contributed by atoms with Crippen molar-refractivity contribution in [1.29, 1.82) is 0 Å². The van der Waals surface area contributed by atoms with Crippen LogP contribution in [0, 0.1) is 13.8 Å². The van der Waals surface area contributed by atoms with Crippen molar-refractivity contribution in [2.75, 3.05) is 13.1 Å². The zero-order valence-corrected chi connectivity index (χ0v) is 15.4. The molecule has 5 nitrogen and oxygen atoms in total. The maximum Gasteiger partial charge on any atom is 0.246 e. The molecule has 0 aliphatic heterocycles. The standard InChI is InChI=1S/C16H22ClN3O2S/c1-5-19(6-2)23(21,22)16-12(3)18-20(13(16)4)11-14-8-7-9-15(17)10-14/h7-10H,5-6,11H2,1-4H3. The third-order valence-electron chi connectivity index (χ3n) is 3.84. The molecular formula is C16H22ClN3O2S. The van der Waals surface area contributed by atoms with E-state index in [0.717, 1.165) is 5.56 Å². The SMILES string of the molecule is CCN(CC)S(=O)(=O)c1c(C)nn(Cc2cccc(Cl)c2)c1C. The molecule has 0 bridgehead atoms. The molecule has 0 saturated heterocycles. The fourth-order valence-corrected chi connectivity index (χ4v) is 4.75. The van der Waals surface area contributed by atoms with Gasteiger partial charge in [-0.05, 0) is 31.5 Å². The normalized spacial score (nSPS) is 12.1. The number of rotatable bonds is 6. The van der Waals surface area contributed by atoms with Gasteiger partial charge >= 0.3 is 0 Å². The smallest absolute Gasteiger partial charge is 0.246 e. The third-order valence-corrected chi connectivity index (χ3v) is 6.38. The second-order valence-electron chi connectivity index (χ2n) is 5.38. The number of hydrogen-bond acceptors (Lipinski definition) is 3. The molecule has 1 aromatic carbocycles. The lowest BCUT2D eigenvalue weighted by atomic mass is 10.2. The van der Waals surface area contributed by atoms with Crippen molar-refractivity contribution < 1.29 is 8.42 Å². The fraction of sp³-hybridized carbons (Fsp3) is 0.438. The van der Waals surface area contributed by atoms with Crippen LogP contribution in [0.2, 0.25) is 5.02 Å². The molecule has 2 rings (SSSR count). The average molecular weight is 356 g/mol. The van der Waals surface area contributed by atoms with Gasteiger partial charge in [-0.3, -0.25) is 4.68 Å². The van der Waals surface area contributed by atoms with Gasteiger partial charge in [-0.25, -0.2) is 8.42 Å². The quantitative estimate of drug-likeness (QED) is 0.799. The van der Waals surface area contributed by atoms with Gasteiger partial charge < -0.3 is 0 Å². The Bertz CT molecular complexity index is 796. The molecule has 0 saturated carbocycles. The van der Waals surface area contributed by atoms with Crippen LogP contribution in [0.3, 0.4) is 0 Å². The van der Waals surface area contributed by atoms with Crippen LogP contribution in [0.5, 0.6) is 0 Å². The summed E-state index contributed by atoms with van der Waals surface area (Å²) in [5.74, 6) is 0. The number of nitrogens with zero attached hydrogens (tertiary/aromatic N) is 3. The zero-order chi connectivity index (χ0) is 17.2. The van der Waals surface area contributed by atoms with E-state index in [9.17, 15) is 8.42 Å². The van der Waals surface area contributed by atoms with Crippen molar-refractivity contribution in [3.63, 3.8) is 0 Å². The van der Waals surface area contributed by atoms with E-state index in [1.807, 2.05) is 38.1 Å². The predicted molar refractivity (Wildman–Crippen MR) is 92.4 cm³/mol. The summed E-state index contributed by atoms with van der Waals surface area (Å²) in [5.41, 5.74) is 2.15. The molecule has 0 aliphatic carbocycles. The molecule has 0 fully saturated rings. The predicted octanol–water partition coefficient (Wildman–Crippen LogP) is 3.23. The van der Waals surface area contributed by atoms with Gasteiger partial charge in [0.05, 0.1) is 17.9 Å². The molecule has 126 valence electrons. The van der Waals surface area contributed by atoms with E-state index in [-0.39, 0.29) is 0 Å². The fourth-order valence-electron chi connectivity index (χ4n) is 2.71. The second kappa shape index (κ2) is 7.03. The Balaban J connectivity index is 2.44. The zero-order valence-electron chi connectivity index (χ0n) is 13.9. The van der Waals surface area contributed by atoms with Crippen LogP contribution in [-0.2, 0) is 16.6 Å². The molecule has 1 aromatic heterocycles. The van der Waals surface area contributed by atoms with Gasteiger partial charge in [-0.15, -0.1) is 0 Å². The van der Waals surface area contributed by atoms with E-state index in [1.54, 1.807) is 18.5 Å². The van der Waals surface area contributed by atoms with Crippen LogP contribution >= 0.6 is 11.6 Å². The number of aryl methyl sites for hydroxylation is 1. The Morgan fingerprint density at radius 3 is 2.43 bits per heavy atom. The van der Waals surface area contributed by atoms with E-state index < -0.39 is 10.0 Å². The lowest BCUT2D eigenvalue weighted by Crippen LogP contribution is -2.31. The molecule has 2 aromatic rings. The van der Waals surface area contributed by atoms with Crippen LogP contribution in [0.4, 0.5) is 0 Å². The number of benzene rings is 1. The highest BCUT2D eigenvalue weighted by atomic mass is 35.5. The Hall–Kier alpha value is -1.37. The van der Waals surface area contributed by atoms with E-state index in [0.29, 0.717) is 40.9 Å². The molecule has 0 aliphatic rings. The van der Waals surface area contributed by atoms with Crippen molar-refractivity contribution in [2.24, 2.45) is 0 Å². The molecule has 0 N–H and O–H groups in total. The largest absolute Gasteiger partial charge is 0.264 e. The Labute approximate surface area is 142 Å². The average Bonchev–Trinajstić information content (AvgIpc) is 2.74. The van der Waals surface area contributed by atoms with E-state index >= 15 is 0 Å². The highest BCUT2D eigenvalue weighted by molar-refractivity contribution is 7.89. The van der Waals surface area contributed by atoms with Crippen molar-refractivity contribution >= 4 is 21.6 Å². The first kappa shape index (κ1) is 18.0. The number of aromatic nitrogens is 2. The first-order valence-electron chi connectivity index (χ1n) is 7.59. The summed E-state index contributed by atoms with van der Waals surface area (Å²) in [7, 11) is -3.52. The molecule has 0 amide bonds. The maximum absolute atomic E-state index is 12.8. The Morgan fingerprint density at radius 2 is 1.87 bits per heavy atom. The van der Waals surface area contributed by atoms with Crippen molar-refractivity contribution in [3.05, 3.63) is 46.2 Å². The first-order chi connectivity index (χ1) is 10.8. The Kier molecular flexibility index (Phi) is 5.49. The number of halogens is 1. The van der Waals surface area contributed by atoms with Gasteiger partial charge in [0.25, 0.3) is 0 Å². The molecule has 7 heteroatoms. The van der Waals surface area contributed by atoms with E-state index in [2.05, 4.69) is 5.10 Å². The van der Waals surface area contributed by atoms with Gasteiger partial charge in [0, 0.05) is 18.1 Å². The van der Waals surface area contributed by atoms with Crippen LogP contribution < -0.4 is 0 Å². The minimum Gasteiger partial charge on any atom is -0.264 e. The summed E-state index contributed by atoms with van der Waals surface area (Å²) in [4.78, 5) is 0.309. The highest BCUT2D eigenvalue weighted by Gasteiger charge is 2.29. The van der Waals surface area contributed by atoms with Crippen LogP contribution in [0.15, 0.2) is 29.2 Å².